The normalized spacial score (nSPS) is 13.8. The third-order valence-corrected chi connectivity index (χ3v) is 5.06. The Morgan fingerprint density at radius 3 is 2.15 bits per heavy atom. The van der Waals surface area contributed by atoms with Gasteiger partial charge in [-0.3, -0.25) is 14.5 Å². The molecule has 2 aromatic rings. The van der Waals surface area contributed by atoms with Gasteiger partial charge in [-0.2, -0.15) is 0 Å². The van der Waals surface area contributed by atoms with Crippen LogP contribution in [0.5, 0.6) is 11.5 Å². The highest BCUT2D eigenvalue weighted by molar-refractivity contribution is 6.36. The topological polar surface area (TPSA) is 77.1 Å². The molecule has 1 aliphatic heterocycles. The predicted molar refractivity (Wildman–Crippen MR) is 128 cm³/mol. The molecule has 0 fully saturated rings. The molecule has 0 bridgehead atoms. The van der Waals surface area contributed by atoms with Gasteiger partial charge in [0.1, 0.15) is 17.2 Å². The van der Waals surface area contributed by atoms with Crippen LogP contribution in [-0.2, 0) is 14.3 Å². The summed E-state index contributed by atoms with van der Waals surface area (Å²) in [6.07, 6.45) is 0.569. The van der Waals surface area contributed by atoms with Gasteiger partial charge in [0.15, 0.2) is 0 Å². The monoisotopic (exact) mass is 452 g/mol. The molecule has 2 aromatic carbocycles. The summed E-state index contributed by atoms with van der Waals surface area (Å²) in [5.41, 5.74) is 1.97. The molecule has 176 valence electrons. The maximum Gasteiger partial charge on any atom is 0.278 e. The van der Waals surface area contributed by atoms with Crippen LogP contribution in [0.2, 0.25) is 0 Å². The molecule has 33 heavy (non-hydrogen) atoms. The Bertz CT molecular complexity index is 981. The molecule has 1 heterocycles. The Kier molecular flexibility index (Phi) is 8.49. The maximum absolute atomic E-state index is 13.3. The van der Waals surface area contributed by atoms with Crippen LogP contribution in [0.4, 0.5) is 5.69 Å². The number of anilines is 1. The van der Waals surface area contributed by atoms with Crippen LogP contribution < -0.4 is 14.8 Å². The molecule has 0 unspecified atom stereocenters. The minimum Gasteiger partial charge on any atom is -0.494 e. The summed E-state index contributed by atoms with van der Waals surface area (Å²) in [6.45, 7) is 8.02. The standard InChI is InChI=1S/C26H32N2O5/c1-5-32-21-13-9-20(10-14-21)27-24-23(25(29)28(26(24)30)15-6-16-31-4)19-7-11-22(12-8-19)33-17-18(2)3/h7-14,18,27H,5-6,15-17H2,1-4H3. The quantitative estimate of drug-likeness (QED) is 0.381. The Balaban J connectivity index is 1.90. The molecule has 3 rings (SSSR count). The molecule has 0 aromatic heterocycles. The average Bonchev–Trinajstić information content (AvgIpc) is 3.04. The van der Waals surface area contributed by atoms with Gasteiger partial charge in [-0.25, -0.2) is 0 Å². The van der Waals surface area contributed by atoms with Gasteiger partial charge in [-0.05, 0) is 61.2 Å². The highest BCUT2D eigenvalue weighted by atomic mass is 16.5. The summed E-state index contributed by atoms with van der Waals surface area (Å²) in [5, 5.41) is 3.16. The zero-order valence-electron chi connectivity index (χ0n) is 19.7. The summed E-state index contributed by atoms with van der Waals surface area (Å²) >= 11 is 0. The SMILES string of the molecule is CCOc1ccc(NC2=C(c3ccc(OCC(C)C)cc3)C(=O)N(CCCOC)C2=O)cc1. The van der Waals surface area contributed by atoms with E-state index < -0.39 is 0 Å². The molecule has 0 saturated heterocycles. The number of carbonyl (C=O) groups is 2. The Hall–Kier alpha value is -3.32. The number of hydrogen-bond donors (Lipinski definition) is 1. The van der Waals surface area contributed by atoms with Crippen LogP contribution in [0, 0.1) is 5.92 Å². The van der Waals surface area contributed by atoms with E-state index in [-0.39, 0.29) is 17.5 Å². The number of carbonyl (C=O) groups excluding carboxylic acids is 2. The summed E-state index contributed by atoms with van der Waals surface area (Å²) in [5.74, 6) is 1.21. The lowest BCUT2D eigenvalue weighted by Crippen LogP contribution is -2.33. The summed E-state index contributed by atoms with van der Waals surface area (Å²) in [4.78, 5) is 27.7. The van der Waals surface area contributed by atoms with Gasteiger partial charge in [-0.15, -0.1) is 0 Å². The van der Waals surface area contributed by atoms with E-state index in [9.17, 15) is 9.59 Å². The second-order valence-electron chi connectivity index (χ2n) is 8.17. The van der Waals surface area contributed by atoms with Crippen LogP contribution >= 0.6 is 0 Å². The number of imide groups is 1. The summed E-state index contributed by atoms with van der Waals surface area (Å²) < 4.78 is 16.3. The van der Waals surface area contributed by atoms with E-state index in [1.807, 2.05) is 55.5 Å². The van der Waals surface area contributed by atoms with E-state index >= 15 is 0 Å². The fourth-order valence-electron chi connectivity index (χ4n) is 3.46. The van der Waals surface area contributed by atoms with E-state index in [1.165, 1.54) is 4.90 Å². The van der Waals surface area contributed by atoms with Crippen molar-refractivity contribution in [3.63, 3.8) is 0 Å². The van der Waals surface area contributed by atoms with Crippen LogP contribution in [0.25, 0.3) is 5.57 Å². The largest absolute Gasteiger partial charge is 0.494 e. The minimum atomic E-state index is -0.347. The average molecular weight is 453 g/mol. The molecule has 0 atom stereocenters. The maximum atomic E-state index is 13.3. The molecule has 7 nitrogen and oxygen atoms in total. The molecule has 0 spiro atoms. The Morgan fingerprint density at radius 2 is 1.55 bits per heavy atom. The smallest absolute Gasteiger partial charge is 0.278 e. The fourth-order valence-corrected chi connectivity index (χ4v) is 3.46. The zero-order chi connectivity index (χ0) is 23.8. The molecular formula is C26H32N2O5. The zero-order valence-corrected chi connectivity index (χ0v) is 19.7. The first-order valence-corrected chi connectivity index (χ1v) is 11.3. The van der Waals surface area contributed by atoms with Crippen molar-refractivity contribution >= 4 is 23.1 Å². The van der Waals surface area contributed by atoms with E-state index in [0.717, 1.165) is 11.5 Å². The van der Waals surface area contributed by atoms with Crippen molar-refractivity contribution in [3.05, 3.63) is 59.8 Å². The number of nitrogens with one attached hydrogen (secondary N) is 1. The molecule has 0 saturated carbocycles. The third-order valence-electron chi connectivity index (χ3n) is 5.06. The van der Waals surface area contributed by atoms with Gasteiger partial charge in [0.25, 0.3) is 11.8 Å². The number of rotatable bonds is 12. The van der Waals surface area contributed by atoms with Crippen molar-refractivity contribution in [2.24, 2.45) is 5.92 Å². The van der Waals surface area contributed by atoms with Crippen molar-refractivity contribution in [1.29, 1.82) is 0 Å². The summed E-state index contributed by atoms with van der Waals surface area (Å²) in [7, 11) is 1.60. The van der Waals surface area contributed by atoms with Crippen molar-refractivity contribution < 1.29 is 23.8 Å². The first-order chi connectivity index (χ1) is 15.9. The fraction of sp³-hybridized carbons (Fsp3) is 0.385. The lowest BCUT2D eigenvalue weighted by Gasteiger charge is -2.15. The highest BCUT2D eigenvalue weighted by Gasteiger charge is 2.38. The predicted octanol–water partition coefficient (Wildman–Crippen LogP) is 4.35. The summed E-state index contributed by atoms with van der Waals surface area (Å²) in [6, 6.07) is 14.6. The van der Waals surface area contributed by atoms with E-state index in [4.69, 9.17) is 14.2 Å². The lowest BCUT2D eigenvalue weighted by atomic mass is 10.0. The number of hydrogen-bond acceptors (Lipinski definition) is 6. The first-order valence-electron chi connectivity index (χ1n) is 11.3. The van der Waals surface area contributed by atoms with Gasteiger partial charge in [0.2, 0.25) is 0 Å². The third kappa shape index (κ3) is 6.14. The minimum absolute atomic E-state index is 0.262. The number of ether oxygens (including phenoxy) is 3. The van der Waals surface area contributed by atoms with Crippen molar-refractivity contribution in [2.75, 3.05) is 38.8 Å². The number of benzene rings is 2. The van der Waals surface area contributed by atoms with E-state index in [0.29, 0.717) is 55.5 Å². The van der Waals surface area contributed by atoms with Crippen molar-refractivity contribution in [2.45, 2.75) is 27.2 Å². The molecule has 1 N–H and O–H groups in total. The first kappa shape index (κ1) is 24.3. The van der Waals surface area contributed by atoms with Crippen LogP contribution in [0.1, 0.15) is 32.8 Å². The molecular weight excluding hydrogens is 420 g/mol. The van der Waals surface area contributed by atoms with Gasteiger partial charge in [-0.1, -0.05) is 26.0 Å². The molecule has 0 radical (unpaired) electrons. The molecule has 2 amide bonds. The van der Waals surface area contributed by atoms with E-state index in [1.54, 1.807) is 7.11 Å². The van der Waals surface area contributed by atoms with Crippen molar-refractivity contribution in [1.82, 2.24) is 4.90 Å². The Labute approximate surface area is 195 Å². The van der Waals surface area contributed by atoms with E-state index in [2.05, 4.69) is 19.2 Å². The number of methoxy groups -OCH3 is 1. The number of nitrogens with zero attached hydrogens (tertiary/aromatic N) is 1. The second-order valence-corrected chi connectivity index (χ2v) is 8.17. The highest BCUT2D eigenvalue weighted by Crippen LogP contribution is 2.32. The van der Waals surface area contributed by atoms with Gasteiger partial charge >= 0.3 is 0 Å². The van der Waals surface area contributed by atoms with Gasteiger partial charge in [0, 0.05) is 25.9 Å². The molecule has 7 heteroatoms. The molecule has 1 aliphatic rings. The van der Waals surface area contributed by atoms with Crippen molar-refractivity contribution in [3.8, 4) is 11.5 Å². The molecule has 0 aliphatic carbocycles. The van der Waals surface area contributed by atoms with Gasteiger partial charge < -0.3 is 19.5 Å². The number of amides is 2. The van der Waals surface area contributed by atoms with Crippen LogP contribution in [0.15, 0.2) is 54.2 Å². The van der Waals surface area contributed by atoms with Gasteiger partial charge in [0.05, 0.1) is 18.8 Å². The van der Waals surface area contributed by atoms with Crippen LogP contribution in [0.3, 0.4) is 0 Å². The van der Waals surface area contributed by atoms with Crippen LogP contribution in [-0.4, -0.2) is 50.2 Å². The lowest BCUT2D eigenvalue weighted by molar-refractivity contribution is -0.136. The Morgan fingerprint density at radius 1 is 0.909 bits per heavy atom. The second kappa shape index (κ2) is 11.5.